The number of hydrogen-bond acceptors (Lipinski definition) is 6. The molecule has 0 aromatic carbocycles. The fourth-order valence-corrected chi connectivity index (χ4v) is 4.96. The first-order valence-corrected chi connectivity index (χ1v) is 12.6. The highest BCUT2D eigenvalue weighted by atomic mass is 19.3. The van der Waals surface area contributed by atoms with Gasteiger partial charge in [0.05, 0.1) is 6.61 Å². The Bertz CT molecular complexity index is 781. The van der Waals surface area contributed by atoms with Crippen LogP contribution in [0.15, 0.2) is 6.07 Å². The molecule has 1 saturated carbocycles. The van der Waals surface area contributed by atoms with E-state index in [0.29, 0.717) is 18.5 Å². The number of anilines is 1. The molecule has 34 heavy (non-hydrogen) atoms. The van der Waals surface area contributed by atoms with Crippen LogP contribution < -0.4 is 10.2 Å². The highest BCUT2D eigenvalue weighted by Gasteiger charge is 2.28. The smallest absolute Gasteiger partial charge is 0.345 e. The van der Waals surface area contributed by atoms with Crippen LogP contribution in [0.25, 0.3) is 0 Å². The van der Waals surface area contributed by atoms with E-state index in [1.54, 1.807) is 0 Å². The Balaban J connectivity index is 1.56. The number of nitrogens with one attached hydrogen (secondary N) is 1. The van der Waals surface area contributed by atoms with E-state index in [1.807, 2.05) is 6.07 Å². The third-order valence-electron chi connectivity index (χ3n) is 7.10. The highest BCUT2D eigenvalue weighted by molar-refractivity contribution is 5.46. The van der Waals surface area contributed by atoms with E-state index in [4.69, 9.17) is 4.98 Å². The predicted octanol–water partition coefficient (Wildman–Crippen LogP) is 3.76. The topological polar surface area (TPSA) is 70.6 Å². The van der Waals surface area contributed by atoms with Gasteiger partial charge in [-0.05, 0) is 51.5 Å². The van der Waals surface area contributed by atoms with Crippen molar-refractivity contribution in [2.24, 2.45) is 5.92 Å². The van der Waals surface area contributed by atoms with Crippen molar-refractivity contribution in [3.63, 3.8) is 0 Å². The molecule has 1 saturated heterocycles. The quantitative estimate of drug-likeness (QED) is 0.513. The van der Waals surface area contributed by atoms with Crippen molar-refractivity contribution in [1.29, 1.82) is 0 Å². The van der Waals surface area contributed by atoms with Gasteiger partial charge in [-0.25, -0.2) is 9.97 Å². The highest BCUT2D eigenvalue weighted by Crippen LogP contribution is 2.28. The number of ether oxygens (including phenoxy) is 1. The van der Waals surface area contributed by atoms with Gasteiger partial charge in [0.1, 0.15) is 11.6 Å². The molecule has 2 heterocycles. The third kappa shape index (κ3) is 7.83. The molecule has 1 N–H and O–H groups in total. The first kappa shape index (κ1) is 26.7. The molecule has 1 aromatic heterocycles. The van der Waals surface area contributed by atoms with Gasteiger partial charge in [0, 0.05) is 55.3 Å². The normalized spacial score (nSPS) is 24.4. The maximum atomic E-state index is 12.4. The van der Waals surface area contributed by atoms with Crippen molar-refractivity contribution >= 4 is 12.2 Å². The second kappa shape index (κ2) is 12.2. The van der Waals surface area contributed by atoms with Crippen molar-refractivity contribution in [2.75, 3.05) is 37.7 Å². The van der Waals surface area contributed by atoms with Crippen LogP contribution in [0.3, 0.4) is 0 Å². The van der Waals surface area contributed by atoms with E-state index < -0.39 is 6.61 Å². The lowest BCUT2D eigenvalue weighted by Crippen LogP contribution is -2.52. The van der Waals surface area contributed by atoms with Crippen LogP contribution in [0.5, 0.6) is 0 Å². The number of hydrogen-bond donors (Lipinski definition) is 1. The van der Waals surface area contributed by atoms with E-state index in [9.17, 15) is 13.6 Å². The van der Waals surface area contributed by atoms with E-state index in [2.05, 4.69) is 52.5 Å². The van der Waals surface area contributed by atoms with Gasteiger partial charge >= 0.3 is 6.61 Å². The van der Waals surface area contributed by atoms with E-state index in [1.165, 1.54) is 19.3 Å². The fourth-order valence-electron chi connectivity index (χ4n) is 4.96. The second-order valence-corrected chi connectivity index (χ2v) is 10.8. The van der Waals surface area contributed by atoms with Gasteiger partial charge in [0.2, 0.25) is 6.41 Å². The maximum absolute atomic E-state index is 12.4. The molecule has 1 atom stereocenters. The molecule has 9 heteroatoms. The summed E-state index contributed by atoms with van der Waals surface area (Å²) in [4.78, 5) is 25.0. The minimum absolute atomic E-state index is 0.0605. The zero-order valence-corrected chi connectivity index (χ0v) is 21.1. The zero-order valence-electron chi connectivity index (χ0n) is 21.1. The maximum Gasteiger partial charge on any atom is 0.345 e. The fraction of sp³-hybridized carbons (Fsp3) is 0.800. The van der Waals surface area contributed by atoms with Gasteiger partial charge in [-0.15, -0.1) is 0 Å². The summed E-state index contributed by atoms with van der Waals surface area (Å²) in [5.74, 6) is 2.34. The Labute approximate surface area is 202 Å². The molecule has 1 aromatic rings. The average Bonchev–Trinajstić information content (AvgIpc) is 2.78. The van der Waals surface area contributed by atoms with Crippen LogP contribution >= 0.6 is 0 Å². The number of carbonyl (C=O) groups is 1. The van der Waals surface area contributed by atoms with Crippen LogP contribution in [-0.4, -0.2) is 72.8 Å². The molecule has 7 nitrogen and oxygen atoms in total. The summed E-state index contributed by atoms with van der Waals surface area (Å²) >= 11 is 0. The molecule has 2 fully saturated rings. The molecular formula is C25H41F2N5O2. The predicted molar refractivity (Wildman–Crippen MR) is 129 cm³/mol. The molecule has 0 radical (unpaired) electrons. The van der Waals surface area contributed by atoms with Gasteiger partial charge in [0.25, 0.3) is 0 Å². The Morgan fingerprint density at radius 3 is 2.56 bits per heavy atom. The molecule has 1 aliphatic carbocycles. The van der Waals surface area contributed by atoms with E-state index in [-0.39, 0.29) is 12.0 Å². The molecule has 0 bridgehead atoms. The summed E-state index contributed by atoms with van der Waals surface area (Å²) in [6, 6.07) is 2.69. The Kier molecular flexibility index (Phi) is 9.59. The average molecular weight is 482 g/mol. The number of piperazine rings is 1. The number of amides is 1. The largest absolute Gasteiger partial charge is 0.356 e. The number of carbonyl (C=O) groups excluding carboxylic acids is 1. The summed E-state index contributed by atoms with van der Waals surface area (Å²) in [5, 5.41) is 2.92. The van der Waals surface area contributed by atoms with Crippen molar-refractivity contribution in [3.8, 4) is 0 Å². The van der Waals surface area contributed by atoms with Crippen molar-refractivity contribution < 1.29 is 18.3 Å². The molecule has 192 valence electrons. The molecular weight excluding hydrogens is 440 g/mol. The first-order valence-electron chi connectivity index (χ1n) is 12.6. The monoisotopic (exact) mass is 481 g/mol. The Morgan fingerprint density at radius 1 is 1.21 bits per heavy atom. The number of alkyl halides is 2. The minimum Gasteiger partial charge on any atom is -0.356 e. The van der Waals surface area contributed by atoms with E-state index >= 15 is 0 Å². The second-order valence-electron chi connectivity index (χ2n) is 10.8. The Morgan fingerprint density at radius 2 is 1.94 bits per heavy atom. The lowest BCUT2D eigenvalue weighted by atomic mass is 9.84. The van der Waals surface area contributed by atoms with Crippen LogP contribution in [0.1, 0.15) is 71.3 Å². The van der Waals surface area contributed by atoms with Gasteiger partial charge in [-0.3, -0.25) is 9.69 Å². The molecule has 3 rings (SSSR count). The zero-order chi connectivity index (χ0) is 24.7. The number of nitrogens with zero attached hydrogens (tertiary/aromatic N) is 4. The molecule has 1 amide bonds. The summed E-state index contributed by atoms with van der Waals surface area (Å²) in [6.45, 7) is 9.46. The van der Waals surface area contributed by atoms with Crippen molar-refractivity contribution in [1.82, 2.24) is 20.2 Å². The first-order chi connectivity index (χ1) is 16.2. The number of rotatable bonds is 10. The lowest BCUT2D eigenvalue weighted by Gasteiger charge is -2.41. The molecule has 1 unspecified atom stereocenters. The third-order valence-corrected chi connectivity index (χ3v) is 7.10. The Hall–Kier alpha value is -1.87. The van der Waals surface area contributed by atoms with Gasteiger partial charge in [-0.1, -0.05) is 20.8 Å². The molecule has 0 spiro atoms. The van der Waals surface area contributed by atoms with Crippen molar-refractivity contribution in [3.05, 3.63) is 17.6 Å². The minimum atomic E-state index is -2.76. The van der Waals surface area contributed by atoms with Gasteiger partial charge in [-0.2, -0.15) is 8.78 Å². The van der Waals surface area contributed by atoms with E-state index in [0.717, 1.165) is 68.7 Å². The van der Waals surface area contributed by atoms with Crippen LogP contribution in [0.4, 0.5) is 14.6 Å². The summed E-state index contributed by atoms with van der Waals surface area (Å²) in [6.07, 6.45) is 6.91. The summed E-state index contributed by atoms with van der Waals surface area (Å²) in [5.41, 5.74) is 0.507. The van der Waals surface area contributed by atoms with Gasteiger partial charge < -0.3 is 15.0 Å². The molecule has 2 aliphatic rings. The summed E-state index contributed by atoms with van der Waals surface area (Å²) in [7, 11) is 0. The van der Waals surface area contributed by atoms with Crippen LogP contribution in [0, 0.1) is 5.92 Å². The lowest BCUT2D eigenvalue weighted by molar-refractivity contribution is -0.127. The number of halogens is 2. The van der Waals surface area contributed by atoms with Crippen LogP contribution in [-0.2, 0) is 21.4 Å². The van der Waals surface area contributed by atoms with Crippen LogP contribution in [0.2, 0.25) is 0 Å². The number of aromatic nitrogens is 2. The van der Waals surface area contributed by atoms with Gasteiger partial charge in [0.15, 0.2) is 0 Å². The SMILES string of the molecule is CC1CN(c2cc(CCOC(F)F)nc(C(C)(C)C)n2)CCN1CCC1CCC(NC=O)CC1. The summed E-state index contributed by atoms with van der Waals surface area (Å²) < 4.78 is 29.3. The molecule has 1 aliphatic heterocycles. The van der Waals surface area contributed by atoms with Crippen molar-refractivity contribution in [2.45, 2.75) is 90.3 Å². The standard InChI is InChI=1S/C25H41F2N5O2/c1-18-16-32(13-12-31(18)11-9-19-5-7-20(8-6-19)28-17-33)22-15-21(10-14-34-24(26)27)29-23(30-22)25(2,3)4/h15,17-20,24H,5-14,16H2,1-4H3,(H,28,33).